The third-order valence-electron chi connectivity index (χ3n) is 6.11. The van der Waals surface area contributed by atoms with Crippen LogP contribution in [0.2, 0.25) is 0 Å². The first-order valence-corrected chi connectivity index (χ1v) is 14.4. The van der Waals surface area contributed by atoms with Crippen LogP contribution in [0.1, 0.15) is 22.3 Å². The Morgan fingerprint density at radius 1 is 0.465 bits per heavy atom. The van der Waals surface area contributed by atoms with Gasteiger partial charge in [0.1, 0.15) is 0 Å². The molecule has 4 aromatic carbocycles. The van der Waals surface area contributed by atoms with Gasteiger partial charge in [-0.3, -0.25) is 0 Å². The highest BCUT2D eigenvalue weighted by molar-refractivity contribution is 7.88. The molecule has 4 aromatic rings. The van der Waals surface area contributed by atoms with Crippen molar-refractivity contribution in [1.29, 1.82) is 0 Å². The Hall–Kier alpha value is -4.18. The molecule has 0 aromatic heterocycles. The van der Waals surface area contributed by atoms with E-state index in [0.717, 1.165) is 12.1 Å². The molecule has 0 radical (unpaired) electrons. The van der Waals surface area contributed by atoms with Crippen molar-refractivity contribution in [2.45, 2.75) is 16.4 Å². The number of hydrogen-bond acceptors (Lipinski definition) is 6. The molecule has 0 heterocycles. The fraction of sp³-hybridized carbons (Fsp3) is 0.111. The van der Waals surface area contributed by atoms with Crippen LogP contribution in [0.15, 0.2) is 97.1 Å². The van der Waals surface area contributed by atoms with Crippen LogP contribution in [-0.2, 0) is 25.7 Å². The van der Waals surface area contributed by atoms with E-state index in [9.17, 15) is 43.2 Å². The van der Waals surface area contributed by atoms with E-state index in [1.54, 1.807) is 36.4 Å². The number of alkyl halides is 6. The maximum absolute atomic E-state index is 15.3. The third kappa shape index (κ3) is 6.01. The Balaban J connectivity index is 1.99. The average molecular weight is 653 g/mol. The first-order chi connectivity index (χ1) is 19.9. The van der Waals surface area contributed by atoms with E-state index >= 15 is 8.78 Å². The lowest BCUT2D eigenvalue weighted by Gasteiger charge is -2.37. The summed E-state index contributed by atoms with van der Waals surface area (Å²) in [6.07, 6.45) is 0. The largest absolute Gasteiger partial charge is 0.534 e. The summed E-state index contributed by atoms with van der Waals surface area (Å²) in [5.74, 6) is -5.72. The quantitative estimate of drug-likeness (QED) is 0.0901. The highest BCUT2D eigenvalue weighted by Gasteiger charge is 2.50. The zero-order valence-corrected chi connectivity index (χ0v) is 22.7. The molecule has 43 heavy (non-hydrogen) atoms. The fourth-order valence-electron chi connectivity index (χ4n) is 4.31. The van der Waals surface area contributed by atoms with Gasteiger partial charge in [0.2, 0.25) is 0 Å². The number of halogens is 8. The van der Waals surface area contributed by atoms with Crippen LogP contribution >= 0.6 is 0 Å². The molecule has 4 rings (SSSR count). The maximum atomic E-state index is 15.3. The van der Waals surface area contributed by atoms with Crippen molar-refractivity contribution in [2.75, 3.05) is 0 Å². The van der Waals surface area contributed by atoms with Crippen LogP contribution in [0.3, 0.4) is 0 Å². The molecule has 0 saturated heterocycles. The molecule has 6 nitrogen and oxygen atoms in total. The highest BCUT2D eigenvalue weighted by Crippen LogP contribution is 2.47. The zero-order chi connectivity index (χ0) is 31.8. The predicted octanol–water partition coefficient (Wildman–Crippen LogP) is 6.80. The van der Waals surface area contributed by atoms with Crippen molar-refractivity contribution in [2.24, 2.45) is 0 Å². The molecule has 0 aliphatic carbocycles. The molecule has 0 aliphatic heterocycles. The number of rotatable bonds is 8. The maximum Gasteiger partial charge on any atom is 0.534 e. The van der Waals surface area contributed by atoms with Gasteiger partial charge in [-0.25, -0.2) is 8.78 Å². The van der Waals surface area contributed by atoms with E-state index in [1.807, 2.05) is 0 Å². The molecule has 16 heteroatoms. The Kier molecular flexibility index (Phi) is 8.23. The van der Waals surface area contributed by atoms with Crippen molar-refractivity contribution in [1.82, 2.24) is 0 Å². The second kappa shape index (κ2) is 11.1. The summed E-state index contributed by atoms with van der Waals surface area (Å²) in [4.78, 5) is 0. The molecule has 0 atom stereocenters. The van der Waals surface area contributed by atoms with Crippen molar-refractivity contribution < 1.29 is 60.3 Å². The van der Waals surface area contributed by atoms with E-state index in [4.69, 9.17) is 0 Å². The van der Waals surface area contributed by atoms with E-state index < -0.39 is 59.8 Å². The third-order valence-corrected chi connectivity index (χ3v) is 8.04. The van der Waals surface area contributed by atoms with Crippen LogP contribution in [0.5, 0.6) is 11.5 Å². The second-order valence-corrected chi connectivity index (χ2v) is 11.8. The minimum absolute atomic E-state index is 0.116. The Bertz CT molecular complexity index is 1710. The molecule has 0 saturated carbocycles. The summed E-state index contributed by atoms with van der Waals surface area (Å²) in [5.41, 5.74) is -13.2. The lowest BCUT2D eigenvalue weighted by atomic mass is 9.65. The first-order valence-electron chi connectivity index (χ1n) is 11.6. The van der Waals surface area contributed by atoms with Gasteiger partial charge >= 0.3 is 31.3 Å². The van der Waals surface area contributed by atoms with Crippen molar-refractivity contribution in [3.8, 4) is 11.5 Å². The molecule has 0 aliphatic rings. The van der Waals surface area contributed by atoms with Gasteiger partial charge in [0.05, 0.1) is 5.41 Å². The first kappa shape index (κ1) is 31.7. The Labute approximate surface area is 239 Å². The standard InChI is InChI=1S/C27H16F8O6S2/c28-21-15-19(11-13-23(21)40-42(36,37)26(30,31)32)25(17-7-3-1-4-8-17,18-9-5-2-6-10-18)20-12-14-24(22(29)16-20)41-43(38,39)27(33,34)35/h1-16H. The zero-order valence-electron chi connectivity index (χ0n) is 21.0. The second-order valence-electron chi connectivity index (χ2n) is 8.74. The molecular weight excluding hydrogens is 636 g/mol. The van der Waals surface area contributed by atoms with E-state index in [0.29, 0.717) is 24.3 Å². The minimum atomic E-state index is -6.25. The molecule has 0 N–H and O–H groups in total. The van der Waals surface area contributed by atoms with E-state index in [2.05, 4.69) is 8.37 Å². The summed E-state index contributed by atoms with van der Waals surface area (Å²) in [6.45, 7) is 0. The fourth-order valence-corrected chi connectivity index (χ4v) is 5.24. The Morgan fingerprint density at radius 2 is 0.791 bits per heavy atom. The van der Waals surface area contributed by atoms with Crippen LogP contribution in [0.4, 0.5) is 35.1 Å². The average Bonchev–Trinajstić information content (AvgIpc) is 2.92. The smallest absolute Gasteiger partial charge is 0.373 e. The summed E-state index contributed by atoms with van der Waals surface area (Å²) < 4.78 is 161. The lowest BCUT2D eigenvalue weighted by Crippen LogP contribution is -2.32. The minimum Gasteiger partial charge on any atom is -0.373 e. The van der Waals surface area contributed by atoms with Gasteiger partial charge in [-0.05, 0) is 46.5 Å². The summed E-state index contributed by atoms with van der Waals surface area (Å²) in [7, 11) is -12.5. The summed E-state index contributed by atoms with van der Waals surface area (Å²) in [6, 6.07) is 20.0. The Morgan fingerprint density at radius 3 is 1.07 bits per heavy atom. The number of hydrogen-bond donors (Lipinski definition) is 0. The molecule has 0 spiro atoms. The van der Waals surface area contributed by atoms with Gasteiger partial charge in [-0.15, -0.1) is 0 Å². The molecule has 0 amide bonds. The molecule has 0 unspecified atom stereocenters. The summed E-state index contributed by atoms with van der Waals surface area (Å²) in [5, 5.41) is 0. The topological polar surface area (TPSA) is 86.7 Å². The molecule has 0 bridgehead atoms. The monoisotopic (exact) mass is 652 g/mol. The molecule has 0 fully saturated rings. The van der Waals surface area contributed by atoms with Crippen molar-refractivity contribution >= 4 is 20.2 Å². The predicted molar refractivity (Wildman–Crippen MR) is 136 cm³/mol. The van der Waals surface area contributed by atoms with Crippen LogP contribution < -0.4 is 8.37 Å². The molecular formula is C27H16F8O6S2. The van der Waals surface area contributed by atoms with Crippen LogP contribution in [-0.4, -0.2) is 27.9 Å². The van der Waals surface area contributed by atoms with Crippen LogP contribution in [0.25, 0.3) is 0 Å². The van der Waals surface area contributed by atoms with Gasteiger partial charge in [0.15, 0.2) is 23.1 Å². The highest BCUT2D eigenvalue weighted by atomic mass is 32.2. The van der Waals surface area contributed by atoms with Gasteiger partial charge in [0.25, 0.3) is 0 Å². The SMILES string of the molecule is O=S(=O)(Oc1ccc(C(c2ccccc2)(c2ccccc2)c2ccc(OS(=O)(=O)C(F)(F)F)c(F)c2)cc1F)C(F)(F)F. The number of benzene rings is 4. The van der Waals surface area contributed by atoms with Gasteiger partial charge in [-0.2, -0.15) is 43.2 Å². The van der Waals surface area contributed by atoms with E-state index in [1.165, 1.54) is 24.3 Å². The van der Waals surface area contributed by atoms with E-state index in [-0.39, 0.29) is 22.3 Å². The summed E-state index contributed by atoms with van der Waals surface area (Å²) >= 11 is 0. The normalized spacial score (nSPS) is 13.0. The van der Waals surface area contributed by atoms with Gasteiger partial charge in [-0.1, -0.05) is 72.8 Å². The van der Waals surface area contributed by atoms with Crippen molar-refractivity contribution in [3.63, 3.8) is 0 Å². The van der Waals surface area contributed by atoms with Gasteiger partial charge in [0, 0.05) is 0 Å². The lowest BCUT2D eigenvalue weighted by molar-refractivity contribution is -0.0505. The van der Waals surface area contributed by atoms with Crippen molar-refractivity contribution in [3.05, 3.63) is 131 Å². The van der Waals surface area contributed by atoms with Crippen LogP contribution in [0, 0.1) is 11.6 Å². The van der Waals surface area contributed by atoms with Gasteiger partial charge < -0.3 is 8.37 Å². The molecule has 228 valence electrons.